The summed E-state index contributed by atoms with van der Waals surface area (Å²) in [6.45, 7) is 1.68. The summed E-state index contributed by atoms with van der Waals surface area (Å²) in [4.78, 5) is 10.8. The van der Waals surface area contributed by atoms with Crippen LogP contribution in [0.4, 0.5) is 8.78 Å². The summed E-state index contributed by atoms with van der Waals surface area (Å²) in [6.07, 6.45) is -0.340. The average molecular weight is 266 g/mol. The zero-order chi connectivity index (χ0) is 14.2. The van der Waals surface area contributed by atoms with Gasteiger partial charge in [0, 0.05) is 23.9 Å². The molecule has 19 heavy (non-hydrogen) atoms. The van der Waals surface area contributed by atoms with Crippen molar-refractivity contribution in [3.63, 3.8) is 0 Å². The lowest BCUT2D eigenvalue weighted by Crippen LogP contribution is -2.03. The Labute approximate surface area is 108 Å². The molecule has 2 rings (SSSR count). The Bertz CT molecular complexity index is 650. The van der Waals surface area contributed by atoms with Crippen LogP contribution in [0, 0.1) is 18.6 Å². The number of hydrogen-bond donors (Lipinski definition) is 1. The van der Waals surface area contributed by atoms with Crippen molar-refractivity contribution in [3.8, 4) is 11.1 Å². The van der Waals surface area contributed by atoms with Gasteiger partial charge in [0.2, 0.25) is 0 Å². The number of aryl methyl sites for hydroxylation is 1. The molecule has 4 nitrogen and oxygen atoms in total. The number of aliphatic carboxylic acids is 1. The summed E-state index contributed by atoms with van der Waals surface area (Å²) in [7, 11) is 1.63. The summed E-state index contributed by atoms with van der Waals surface area (Å²) >= 11 is 0. The van der Waals surface area contributed by atoms with Gasteiger partial charge in [-0.3, -0.25) is 9.48 Å². The number of carboxylic acids is 1. The Morgan fingerprint density at radius 3 is 2.74 bits per heavy atom. The highest BCUT2D eigenvalue weighted by Crippen LogP contribution is 2.30. The molecule has 0 saturated heterocycles. The van der Waals surface area contributed by atoms with E-state index < -0.39 is 17.6 Å². The first kappa shape index (κ1) is 13.2. The van der Waals surface area contributed by atoms with Gasteiger partial charge in [-0.1, -0.05) is 0 Å². The quantitative estimate of drug-likeness (QED) is 0.927. The predicted octanol–water partition coefficient (Wildman–Crippen LogP) is 2.30. The van der Waals surface area contributed by atoms with Gasteiger partial charge < -0.3 is 5.11 Å². The molecule has 0 aliphatic carbocycles. The second-order valence-electron chi connectivity index (χ2n) is 4.23. The van der Waals surface area contributed by atoms with E-state index in [0.717, 1.165) is 18.2 Å². The van der Waals surface area contributed by atoms with Crippen LogP contribution < -0.4 is 0 Å². The molecule has 0 radical (unpaired) electrons. The van der Waals surface area contributed by atoms with Gasteiger partial charge in [-0.25, -0.2) is 8.78 Å². The highest BCUT2D eigenvalue weighted by atomic mass is 19.1. The molecule has 0 unspecified atom stereocenters. The molecule has 0 aliphatic rings. The molecule has 0 fully saturated rings. The smallest absolute Gasteiger partial charge is 0.309 e. The summed E-state index contributed by atoms with van der Waals surface area (Å²) < 4.78 is 28.5. The number of benzene rings is 1. The molecule has 0 spiro atoms. The summed E-state index contributed by atoms with van der Waals surface area (Å²) in [5, 5.41) is 12.9. The van der Waals surface area contributed by atoms with E-state index in [2.05, 4.69) is 5.10 Å². The van der Waals surface area contributed by atoms with Crippen LogP contribution in [0.15, 0.2) is 18.2 Å². The van der Waals surface area contributed by atoms with Crippen molar-refractivity contribution in [1.82, 2.24) is 9.78 Å². The zero-order valence-electron chi connectivity index (χ0n) is 10.4. The molecule has 100 valence electrons. The van der Waals surface area contributed by atoms with Crippen molar-refractivity contribution in [2.24, 2.45) is 7.05 Å². The van der Waals surface area contributed by atoms with Crippen LogP contribution >= 0.6 is 0 Å². The minimum absolute atomic E-state index is 0.0295. The molecule has 1 N–H and O–H groups in total. The van der Waals surface area contributed by atoms with Crippen LogP contribution in [0.2, 0.25) is 0 Å². The van der Waals surface area contributed by atoms with E-state index in [4.69, 9.17) is 5.11 Å². The van der Waals surface area contributed by atoms with Gasteiger partial charge in [-0.05, 0) is 25.1 Å². The number of carbonyl (C=O) groups is 1. The molecule has 0 bridgehead atoms. The first-order valence-electron chi connectivity index (χ1n) is 5.60. The number of hydrogen-bond acceptors (Lipinski definition) is 2. The SMILES string of the molecule is Cc1c(-c2cc(F)ccc2F)c(CC(=O)O)nn1C. The Morgan fingerprint density at radius 1 is 1.42 bits per heavy atom. The number of carboxylic acid groups (broad SMARTS) is 1. The van der Waals surface area contributed by atoms with E-state index >= 15 is 0 Å². The van der Waals surface area contributed by atoms with Crippen molar-refractivity contribution in [2.45, 2.75) is 13.3 Å². The van der Waals surface area contributed by atoms with Crippen LogP contribution in [0.5, 0.6) is 0 Å². The molecule has 1 heterocycles. The van der Waals surface area contributed by atoms with Crippen LogP contribution in [-0.2, 0) is 18.3 Å². The fraction of sp³-hybridized carbons (Fsp3) is 0.231. The molecule has 2 aromatic rings. The van der Waals surface area contributed by atoms with Gasteiger partial charge in [0.1, 0.15) is 11.6 Å². The molecule has 6 heteroatoms. The zero-order valence-corrected chi connectivity index (χ0v) is 10.4. The van der Waals surface area contributed by atoms with Gasteiger partial charge in [-0.15, -0.1) is 0 Å². The maximum Gasteiger partial charge on any atom is 0.309 e. The summed E-state index contributed by atoms with van der Waals surface area (Å²) in [6, 6.07) is 3.08. The van der Waals surface area contributed by atoms with Crippen LogP contribution in [0.3, 0.4) is 0 Å². The summed E-state index contributed by atoms with van der Waals surface area (Å²) in [5.74, 6) is -2.26. The van der Waals surface area contributed by atoms with Crippen LogP contribution in [-0.4, -0.2) is 20.9 Å². The Balaban J connectivity index is 2.66. The molecule has 0 amide bonds. The summed E-state index contributed by atoms with van der Waals surface area (Å²) in [5.41, 5.74) is 1.17. The third-order valence-corrected chi connectivity index (χ3v) is 2.92. The number of nitrogens with zero attached hydrogens (tertiary/aromatic N) is 2. The molecule has 0 atom stereocenters. The minimum Gasteiger partial charge on any atom is -0.481 e. The lowest BCUT2D eigenvalue weighted by molar-refractivity contribution is -0.136. The van der Waals surface area contributed by atoms with Crippen molar-refractivity contribution in [1.29, 1.82) is 0 Å². The first-order chi connectivity index (χ1) is 8.90. The molecule has 1 aromatic heterocycles. The average Bonchev–Trinajstić information content (AvgIpc) is 2.57. The number of rotatable bonds is 3. The molecule has 0 saturated carbocycles. The topological polar surface area (TPSA) is 55.1 Å². The molecular weight excluding hydrogens is 254 g/mol. The third-order valence-electron chi connectivity index (χ3n) is 2.92. The van der Waals surface area contributed by atoms with Gasteiger partial charge in [0.05, 0.1) is 12.1 Å². The maximum atomic E-state index is 13.8. The first-order valence-corrected chi connectivity index (χ1v) is 5.60. The lowest BCUT2D eigenvalue weighted by Gasteiger charge is -2.05. The van der Waals surface area contributed by atoms with Crippen molar-refractivity contribution >= 4 is 5.97 Å². The van der Waals surface area contributed by atoms with Gasteiger partial charge in [0.25, 0.3) is 0 Å². The fourth-order valence-electron chi connectivity index (χ4n) is 1.98. The Hall–Kier alpha value is -2.24. The minimum atomic E-state index is -1.07. The predicted molar refractivity (Wildman–Crippen MR) is 64.6 cm³/mol. The van der Waals surface area contributed by atoms with Crippen molar-refractivity contribution in [2.75, 3.05) is 0 Å². The van der Waals surface area contributed by atoms with E-state index in [-0.39, 0.29) is 17.7 Å². The van der Waals surface area contributed by atoms with Crippen LogP contribution in [0.1, 0.15) is 11.4 Å². The van der Waals surface area contributed by atoms with Gasteiger partial charge in [0.15, 0.2) is 0 Å². The lowest BCUT2D eigenvalue weighted by atomic mass is 10.0. The Kier molecular flexibility index (Phi) is 3.33. The highest BCUT2D eigenvalue weighted by molar-refractivity contribution is 5.76. The fourth-order valence-corrected chi connectivity index (χ4v) is 1.98. The second-order valence-corrected chi connectivity index (χ2v) is 4.23. The highest BCUT2D eigenvalue weighted by Gasteiger charge is 2.20. The second kappa shape index (κ2) is 4.79. The van der Waals surface area contributed by atoms with Gasteiger partial charge in [-0.2, -0.15) is 5.10 Å². The number of halogens is 2. The van der Waals surface area contributed by atoms with Crippen molar-refractivity contribution in [3.05, 3.63) is 41.2 Å². The molecular formula is C13H12F2N2O2. The van der Waals surface area contributed by atoms with E-state index in [1.807, 2.05) is 0 Å². The van der Waals surface area contributed by atoms with E-state index in [1.165, 1.54) is 4.68 Å². The molecule has 0 aliphatic heterocycles. The number of aromatic nitrogens is 2. The maximum absolute atomic E-state index is 13.8. The Morgan fingerprint density at radius 2 is 2.11 bits per heavy atom. The monoisotopic (exact) mass is 266 g/mol. The molecule has 1 aromatic carbocycles. The van der Waals surface area contributed by atoms with Crippen molar-refractivity contribution < 1.29 is 18.7 Å². The third kappa shape index (κ3) is 2.47. The van der Waals surface area contributed by atoms with Gasteiger partial charge >= 0.3 is 5.97 Å². The van der Waals surface area contributed by atoms with Crippen LogP contribution in [0.25, 0.3) is 11.1 Å². The van der Waals surface area contributed by atoms with E-state index in [9.17, 15) is 13.6 Å². The van der Waals surface area contributed by atoms with E-state index in [1.54, 1.807) is 14.0 Å². The van der Waals surface area contributed by atoms with E-state index in [0.29, 0.717) is 11.3 Å². The normalized spacial score (nSPS) is 10.7. The largest absolute Gasteiger partial charge is 0.481 e. The standard InChI is InChI=1S/C13H12F2N2O2/c1-7-13(9-5-8(14)3-4-10(9)15)11(6-12(18)19)16-17(7)2/h3-5H,6H2,1-2H3,(H,18,19).